The third kappa shape index (κ3) is 3.09. The van der Waals surface area contributed by atoms with Gasteiger partial charge in [0, 0.05) is 6.42 Å². The van der Waals surface area contributed by atoms with Crippen molar-refractivity contribution in [2.24, 2.45) is 11.3 Å². The SMILES string of the molecule is CCC(CC)(CCC(=O)O[SiH3])C1CCCC1. The molecule has 1 rings (SSSR count). The zero-order valence-electron chi connectivity index (χ0n) is 11.1. The second-order valence-electron chi connectivity index (χ2n) is 5.13. The first kappa shape index (κ1) is 13.8. The molecule has 3 heteroatoms. The molecule has 94 valence electrons. The van der Waals surface area contributed by atoms with Crippen LogP contribution in [-0.4, -0.2) is 16.5 Å². The zero-order valence-corrected chi connectivity index (χ0v) is 13.1. The van der Waals surface area contributed by atoms with E-state index in [1.54, 1.807) is 0 Å². The first-order chi connectivity index (χ1) is 7.68. The van der Waals surface area contributed by atoms with Crippen LogP contribution in [0.25, 0.3) is 0 Å². The van der Waals surface area contributed by atoms with Gasteiger partial charge in [0.25, 0.3) is 5.97 Å². The molecule has 0 aromatic carbocycles. The molecule has 0 heterocycles. The highest BCUT2D eigenvalue weighted by Crippen LogP contribution is 2.47. The molecule has 1 saturated carbocycles. The Kier molecular flexibility index (Phi) is 5.53. The Bertz CT molecular complexity index is 218. The van der Waals surface area contributed by atoms with Gasteiger partial charge in [0.15, 0.2) is 0 Å². The Morgan fingerprint density at radius 1 is 1.31 bits per heavy atom. The van der Waals surface area contributed by atoms with Crippen molar-refractivity contribution in [2.45, 2.75) is 65.2 Å². The second kappa shape index (κ2) is 6.43. The monoisotopic (exact) mass is 242 g/mol. The minimum atomic E-state index is 0.0101. The van der Waals surface area contributed by atoms with Crippen molar-refractivity contribution >= 4 is 16.5 Å². The van der Waals surface area contributed by atoms with E-state index in [4.69, 9.17) is 4.43 Å². The summed E-state index contributed by atoms with van der Waals surface area (Å²) in [6.07, 6.45) is 9.60. The third-order valence-corrected chi connectivity index (χ3v) is 5.14. The van der Waals surface area contributed by atoms with Crippen LogP contribution in [0.1, 0.15) is 65.2 Å². The van der Waals surface area contributed by atoms with Crippen LogP contribution in [0.4, 0.5) is 0 Å². The summed E-state index contributed by atoms with van der Waals surface area (Å²) in [6, 6.07) is 0. The fourth-order valence-electron chi connectivity index (χ4n) is 3.38. The van der Waals surface area contributed by atoms with Gasteiger partial charge in [-0.25, -0.2) is 0 Å². The molecule has 0 unspecified atom stereocenters. The lowest BCUT2D eigenvalue weighted by Gasteiger charge is -2.38. The normalized spacial score (nSPS) is 17.9. The summed E-state index contributed by atoms with van der Waals surface area (Å²) in [4.78, 5) is 11.3. The molecule has 0 bridgehead atoms. The van der Waals surface area contributed by atoms with Crippen molar-refractivity contribution in [1.82, 2.24) is 0 Å². The maximum absolute atomic E-state index is 11.3. The molecule has 1 aliphatic rings. The van der Waals surface area contributed by atoms with Crippen LogP contribution in [0.5, 0.6) is 0 Å². The Labute approximate surface area is 103 Å². The van der Waals surface area contributed by atoms with E-state index >= 15 is 0 Å². The van der Waals surface area contributed by atoms with Gasteiger partial charge in [-0.1, -0.05) is 39.5 Å². The lowest BCUT2D eigenvalue weighted by molar-refractivity contribution is -0.135. The Morgan fingerprint density at radius 3 is 2.31 bits per heavy atom. The van der Waals surface area contributed by atoms with Crippen LogP contribution in [0.3, 0.4) is 0 Å². The molecule has 0 saturated heterocycles. The molecule has 2 nitrogen and oxygen atoms in total. The molecule has 0 amide bonds. The first-order valence-corrected chi connectivity index (χ1v) is 7.57. The van der Waals surface area contributed by atoms with Gasteiger partial charge in [0.1, 0.15) is 0 Å². The Hall–Kier alpha value is -0.313. The molecule has 0 aromatic heterocycles. The lowest BCUT2D eigenvalue weighted by atomic mass is 9.67. The number of rotatable bonds is 6. The molecule has 1 fully saturated rings. The van der Waals surface area contributed by atoms with E-state index in [1.807, 2.05) is 0 Å². The Balaban J connectivity index is 2.59. The molecule has 0 aliphatic heterocycles. The van der Waals surface area contributed by atoms with Crippen molar-refractivity contribution in [3.05, 3.63) is 0 Å². The molecule has 0 aromatic rings. The van der Waals surface area contributed by atoms with E-state index in [2.05, 4.69) is 13.8 Å². The molecule has 0 atom stereocenters. The molecular formula is C13H26O2Si. The molecule has 1 aliphatic carbocycles. The van der Waals surface area contributed by atoms with Crippen molar-refractivity contribution < 1.29 is 9.22 Å². The average Bonchev–Trinajstić information content (AvgIpc) is 2.85. The van der Waals surface area contributed by atoms with E-state index in [0.29, 0.717) is 22.3 Å². The third-order valence-electron chi connectivity index (χ3n) is 4.68. The lowest BCUT2D eigenvalue weighted by Crippen LogP contribution is -2.28. The minimum Gasteiger partial charge on any atom is -0.529 e. The standard InChI is InChI=1S/C13H26O2Si/c1-3-13(4-2,10-9-12(14)15-16)11-7-5-6-8-11/h11H,3-10H2,1-2,16H3. The summed E-state index contributed by atoms with van der Waals surface area (Å²) in [6.45, 7) is 4.57. The topological polar surface area (TPSA) is 26.3 Å². The fourth-order valence-corrected chi connectivity index (χ4v) is 3.58. The van der Waals surface area contributed by atoms with Crippen molar-refractivity contribution in [3.8, 4) is 0 Å². The average molecular weight is 242 g/mol. The van der Waals surface area contributed by atoms with E-state index in [-0.39, 0.29) is 5.97 Å². The molecule has 0 radical (unpaired) electrons. The highest BCUT2D eigenvalue weighted by atomic mass is 28.2. The van der Waals surface area contributed by atoms with Gasteiger partial charge in [-0.15, -0.1) is 0 Å². The predicted octanol–water partition coefficient (Wildman–Crippen LogP) is 2.59. The van der Waals surface area contributed by atoms with Crippen molar-refractivity contribution in [3.63, 3.8) is 0 Å². The fraction of sp³-hybridized carbons (Fsp3) is 0.923. The van der Waals surface area contributed by atoms with Gasteiger partial charge in [-0.05, 0) is 30.6 Å². The van der Waals surface area contributed by atoms with Crippen LogP contribution in [0, 0.1) is 11.3 Å². The highest BCUT2D eigenvalue weighted by Gasteiger charge is 2.37. The number of hydrogen-bond donors (Lipinski definition) is 0. The van der Waals surface area contributed by atoms with Gasteiger partial charge in [0.05, 0.1) is 0 Å². The van der Waals surface area contributed by atoms with E-state index in [1.165, 1.54) is 38.5 Å². The molecule has 16 heavy (non-hydrogen) atoms. The maximum Gasteiger partial charge on any atom is 0.291 e. The van der Waals surface area contributed by atoms with Crippen molar-refractivity contribution in [2.75, 3.05) is 0 Å². The van der Waals surface area contributed by atoms with Crippen molar-refractivity contribution in [1.29, 1.82) is 0 Å². The number of carbonyl (C=O) groups excluding carboxylic acids is 1. The van der Waals surface area contributed by atoms with Crippen LogP contribution in [0.2, 0.25) is 0 Å². The smallest absolute Gasteiger partial charge is 0.291 e. The van der Waals surface area contributed by atoms with Crippen LogP contribution < -0.4 is 0 Å². The maximum atomic E-state index is 11.3. The quantitative estimate of drug-likeness (QED) is 0.669. The first-order valence-electron chi connectivity index (χ1n) is 6.75. The summed E-state index contributed by atoms with van der Waals surface area (Å²) in [7, 11) is 0.538. The van der Waals surface area contributed by atoms with Gasteiger partial charge in [-0.3, -0.25) is 4.79 Å². The minimum absolute atomic E-state index is 0.0101. The predicted molar refractivity (Wildman–Crippen MR) is 70.2 cm³/mol. The molecule has 0 N–H and O–H groups in total. The van der Waals surface area contributed by atoms with Gasteiger partial charge >= 0.3 is 0 Å². The summed E-state index contributed by atoms with van der Waals surface area (Å²) in [5, 5.41) is 0. The van der Waals surface area contributed by atoms with E-state index in [9.17, 15) is 4.79 Å². The number of carbonyl (C=O) groups is 1. The molecular weight excluding hydrogens is 216 g/mol. The van der Waals surface area contributed by atoms with Gasteiger partial charge in [-0.2, -0.15) is 0 Å². The zero-order chi connectivity index (χ0) is 12.0. The van der Waals surface area contributed by atoms with Gasteiger partial charge in [0.2, 0.25) is 10.5 Å². The second-order valence-corrected chi connectivity index (χ2v) is 5.54. The van der Waals surface area contributed by atoms with Crippen LogP contribution in [0.15, 0.2) is 0 Å². The summed E-state index contributed by atoms with van der Waals surface area (Å²) >= 11 is 0. The van der Waals surface area contributed by atoms with E-state index < -0.39 is 0 Å². The van der Waals surface area contributed by atoms with Crippen LogP contribution >= 0.6 is 0 Å². The van der Waals surface area contributed by atoms with Crippen LogP contribution in [-0.2, 0) is 9.22 Å². The summed E-state index contributed by atoms with van der Waals surface area (Å²) in [5.41, 5.74) is 0.409. The highest BCUT2D eigenvalue weighted by molar-refractivity contribution is 6.05. The largest absolute Gasteiger partial charge is 0.529 e. The van der Waals surface area contributed by atoms with Gasteiger partial charge < -0.3 is 4.43 Å². The summed E-state index contributed by atoms with van der Waals surface area (Å²) in [5.74, 6) is 0.861. The molecule has 0 spiro atoms. The number of hydrogen-bond acceptors (Lipinski definition) is 2. The summed E-state index contributed by atoms with van der Waals surface area (Å²) < 4.78 is 4.90. The Morgan fingerprint density at radius 2 is 1.88 bits per heavy atom. The van der Waals surface area contributed by atoms with E-state index in [0.717, 1.165) is 12.3 Å².